The first-order chi connectivity index (χ1) is 9.84. The highest BCUT2D eigenvalue weighted by molar-refractivity contribution is 7.89. The van der Waals surface area contributed by atoms with E-state index in [9.17, 15) is 13.5 Å². The van der Waals surface area contributed by atoms with Gasteiger partial charge >= 0.3 is 0 Å². The SMILES string of the molecule is CCC(O)c1cccc(S(=O)(=O)N(CCOC)C(C)C)c1. The van der Waals surface area contributed by atoms with Crippen molar-refractivity contribution in [3.8, 4) is 0 Å². The van der Waals surface area contributed by atoms with Gasteiger partial charge in [0, 0.05) is 19.7 Å². The van der Waals surface area contributed by atoms with Gasteiger partial charge in [0.2, 0.25) is 10.0 Å². The highest BCUT2D eigenvalue weighted by Gasteiger charge is 2.27. The molecular formula is C15H25NO4S. The van der Waals surface area contributed by atoms with Gasteiger partial charge in [-0.2, -0.15) is 4.31 Å². The van der Waals surface area contributed by atoms with Gasteiger partial charge in [0.25, 0.3) is 0 Å². The summed E-state index contributed by atoms with van der Waals surface area (Å²) in [7, 11) is -2.05. The predicted octanol–water partition coefficient (Wildman–Crippen LogP) is 2.18. The third kappa shape index (κ3) is 4.51. The summed E-state index contributed by atoms with van der Waals surface area (Å²) in [5.41, 5.74) is 0.619. The number of aliphatic hydroxyl groups excluding tert-OH is 1. The number of aliphatic hydroxyl groups is 1. The molecule has 0 amide bonds. The molecule has 0 heterocycles. The summed E-state index contributed by atoms with van der Waals surface area (Å²) in [4.78, 5) is 0.206. The Morgan fingerprint density at radius 3 is 2.52 bits per heavy atom. The summed E-state index contributed by atoms with van der Waals surface area (Å²) in [5.74, 6) is 0. The Labute approximate surface area is 127 Å². The van der Waals surface area contributed by atoms with Crippen molar-refractivity contribution in [1.82, 2.24) is 4.31 Å². The molecule has 0 radical (unpaired) electrons. The third-order valence-electron chi connectivity index (χ3n) is 3.33. The van der Waals surface area contributed by atoms with Crippen molar-refractivity contribution in [3.63, 3.8) is 0 Å². The zero-order valence-electron chi connectivity index (χ0n) is 13.1. The van der Waals surface area contributed by atoms with Crippen LogP contribution in [0.15, 0.2) is 29.2 Å². The zero-order chi connectivity index (χ0) is 16.0. The Kier molecular flexibility index (Phi) is 6.80. The van der Waals surface area contributed by atoms with Crippen LogP contribution in [0.5, 0.6) is 0 Å². The Balaban J connectivity index is 3.15. The molecule has 1 unspecified atom stereocenters. The van der Waals surface area contributed by atoms with E-state index in [0.717, 1.165) is 0 Å². The highest BCUT2D eigenvalue weighted by atomic mass is 32.2. The second-order valence-electron chi connectivity index (χ2n) is 5.20. The minimum absolute atomic E-state index is 0.162. The maximum absolute atomic E-state index is 12.7. The van der Waals surface area contributed by atoms with Crippen LogP contribution in [0.2, 0.25) is 0 Å². The fourth-order valence-corrected chi connectivity index (χ4v) is 3.77. The van der Waals surface area contributed by atoms with Gasteiger partial charge in [-0.3, -0.25) is 0 Å². The molecule has 0 saturated heterocycles. The molecule has 0 aliphatic carbocycles. The van der Waals surface area contributed by atoms with Crippen LogP contribution < -0.4 is 0 Å². The average Bonchev–Trinajstić information content (AvgIpc) is 2.46. The van der Waals surface area contributed by atoms with Crippen LogP contribution in [-0.4, -0.2) is 44.1 Å². The molecule has 120 valence electrons. The first-order valence-electron chi connectivity index (χ1n) is 7.13. The van der Waals surface area contributed by atoms with Gasteiger partial charge in [-0.05, 0) is 38.0 Å². The van der Waals surface area contributed by atoms with E-state index < -0.39 is 16.1 Å². The van der Waals surface area contributed by atoms with Gasteiger partial charge in [0.1, 0.15) is 0 Å². The van der Waals surface area contributed by atoms with Crippen molar-refractivity contribution in [2.24, 2.45) is 0 Å². The van der Waals surface area contributed by atoms with Crippen molar-refractivity contribution in [1.29, 1.82) is 0 Å². The van der Waals surface area contributed by atoms with Crippen molar-refractivity contribution in [2.45, 2.75) is 44.2 Å². The molecule has 0 fully saturated rings. The second kappa shape index (κ2) is 7.89. The van der Waals surface area contributed by atoms with Crippen LogP contribution in [-0.2, 0) is 14.8 Å². The van der Waals surface area contributed by atoms with Gasteiger partial charge in [-0.15, -0.1) is 0 Å². The van der Waals surface area contributed by atoms with Gasteiger partial charge in [0.15, 0.2) is 0 Å². The molecule has 1 N–H and O–H groups in total. The third-order valence-corrected chi connectivity index (χ3v) is 5.40. The van der Waals surface area contributed by atoms with Crippen LogP contribution in [0.3, 0.4) is 0 Å². The Morgan fingerprint density at radius 2 is 2.00 bits per heavy atom. The lowest BCUT2D eigenvalue weighted by molar-refractivity contribution is 0.170. The average molecular weight is 315 g/mol. The molecule has 0 aliphatic rings. The van der Waals surface area contributed by atoms with E-state index in [-0.39, 0.29) is 10.9 Å². The molecule has 5 nitrogen and oxygen atoms in total. The number of methoxy groups -OCH3 is 1. The molecule has 21 heavy (non-hydrogen) atoms. The predicted molar refractivity (Wildman–Crippen MR) is 82.6 cm³/mol. The van der Waals surface area contributed by atoms with Crippen LogP contribution >= 0.6 is 0 Å². The lowest BCUT2D eigenvalue weighted by Gasteiger charge is -2.26. The molecule has 6 heteroatoms. The lowest BCUT2D eigenvalue weighted by atomic mass is 10.1. The minimum Gasteiger partial charge on any atom is -0.388 e. The molecule has 1 rings (SSSR count). The van der Waals surface area contributed by atoms with E-state index in [4.69, 9.17) is 4.74 Å². The molecule has 1 aromatic rings. The van der Waals surface area contributed by atoms with Crippen LogP contribution in [0, 0.1) is 0 Å². The summed E-state index contributed by atoms with van der Waals surface area (Å²) in [6.45, 7) is 6.16. The first-order valence-corrected chi connectivity index (χ1v) is 8.57. The summed E-state index contributed by atoms with van der Waals surface area (Å²) in [6, 6.07) is 6.34. The standard InChI is InChI=1S/C15H25NO4S/c1-5-15(17)13-7-6-8-14(11-13)21(18,19)16(12(2)3)9-10-20-4/h6-8,11-12,15,17H,5,9-10H2,1-4H3. The fraction of sp³-hybridized carbons (Fsp3) is 0.600. The maximum Gasteiger partial charge on any atom is 0.243 e. The summed E-state index contributed by atoms with van der Waals surface area (Å²) >= 11 is 0. The van der Waals surface area contributed by atoms with Crippen molar-refractivity contribution in [2.75, 3.05) is 20.3 Å². The number of hydrogen-bond acceptors (Lipinski definition) is 4. The largest absolute Gasteiger partial charge is 0.388 e. The number of sulfonamides is 1. The lowest BCUT2D eigenvalue weighted by Crippen LogP contribution is -2.39. The van der Waals surface area contributed by atoms with Crippen molar-refractivity contribution >= 4 is 10.0 Å². The molecule has 0 bridgehead atoms. The Hall–Kier alpha value is -0.950. The number of hydrogen-bond donors (Lipinski definition) is 1. The summed E-state index contributed by atoms with van der Waals surface area (Å²) < 4.78 is 31.9. The first kappa shape index (κ1) is 18.1. The van der Waals surface area contributed by atoms with Crippen LogP contribution in [0.4, 0.5) is 0 Å². The van der Waals surface area contributed by atoms with E-state index in [2.05, 4.69) is 0 Å². The smallest absolute Gasteiger partial charge is 0.243 e. The van der Waals surface area contributed by atoms with E-state index >= 15 is 0 Å². The molecule has 1 atom stereocenters. The van der Waals surface area contributed by atoms with E-state index in [1.807, 2.05) is 20.8 Å². The maximum atomic E-state index is 12.7. The molecular weight excluding hydrogens is 290 g/mol. The van der Waals surface area contributed by atoms with E-state index in [1.54, 1.807) is 31.4 Å². The zero-order valence-corrected chi connectivity index (χ0v) is 13.9. The van der Waals surface area contributed by atoms with Gasteiger partial charge in [-0.1, -0.05) is 19.1 Å². The molecule has 0 aromatic heterocycles. The van der Waals surface area contributed by atoms with Gasteiger partial charge < -0.3 is 9.84 Å². The number of ether oxygens (including phenoxy) is 1. The number of benzene rings is 1. The number of nitrogens with zero attached hydrogens (tertiary/aromatic N) is 1. The van der Waals surface area contributed by atoms with Crippen LogP contribution in [0.25, 0.3) is 0 Å². The Morgan fingerprint density at radius 1 is 1.33 bits per heavy atom. The fourth-order valence-electron chi connectivity index (χ4n) is 2.09. The summed E-state index contributed by atoms with van der Waals surface area (Å²) in [5, 5.41) is 9.88. The molecule has 1 aromatic carbocycles. The van der Waals surface area contributed by atoms with Crippen molar-refractivity contribution in [3.05, 3.63) is 29.8 Å². The minimum atomic E-state index is -3.59. The van der Waals surface area contributed by atoms with Crippen molar-refractivity contribution < 1.29 is 18.3 Å². The summed E-state index contributed by atoms with van der Waals surface area (Å²) in [6.07, 6.45) is -0.104. The number of rotatable bonds is 8. The topological polar surface area (TPSA) is 66.8 Å². The van der Waals surface area contributed by atoms with E-state index in [0.29, 0.717) is 25.1 Å². The Bertz CT molecular complexity index is 542. The highest BCUT2D eigenvalue weighted by Crippen LogP contribution is 2.23. The van der Waals surface area contributed by atoms with Gasteiger partial charge in [-0.25, -0.2) is 8.42 Å². The normalized spacial score (nSPS) is 13.9. The van der Waals surface area contributed by atoms with Gasteiger partial charge in [0.05, 0.1) is 17.6 Å². The molecule has 0 spiro atoms. The quantitative estimate of drug-likeness (QED) is 0.798. The van der Waals surface area contributed by atoms with Crippen LogP contribution in [0.1, 0.15) is 38.9 Å². The second-order valence-corrected chi connectivity index (χ2v) is 7.09. The monoisotopic (exact) mass is 315 g/mol. The molecule has 0 aliphatic heterocycles. The van der Waals surface area contributed by atoms with E-state index in [1.165, 1.54) is 4.31 Å². The molecule has 0 saturated carbocycles.